The van der Waals surface area contributed by atoms with Crippen LogP contribution in [-0.2, 0) is 38.1 Å². The topological polar surface area (TPSA) is 105 Å². The average Bonchev–Trinajstić information content (AvgIpc) is 2.94. The first-order chi connectivity index (χ1) is 11.8. The summed E-state index contributed by atoms with van der Waals surface area (Å²) in [4.78, 5) is 48.1. The van der Waals surface area contributed by atoms with Gasteiger partial charge in [-0.2, -0.15) is 0 Å². The number of hydrogen-bond acceptors (Lipinski definition) is 8. The van der Waals surface area contributed by atoms with Crippen molar-refractivity contribution in [2.45, 2.75) is 26.7 Å². The molecule has 1 saturated carbocycles. The Morgan fingerprint density at radius 1 is 0.840 bits per heavy atom. The van der Waals surface area contributed by atoms with Gasteiger partial charge in [0.15, 0.2) is 5.41 Å². The maximum atomic E-state index is 12.5. The van der Waals surface area contributed by atoms with Crippen LogP contribution >= 0.6 is 0 Å². The highest BCUT2D eigenvalue weighted by atomic mass is 16.6. The Labute approximate surface area is 145 Å². The molecule has 1 aliphatic rings. The molecule has 8 nitrogen and oxygen atoms in total. The van der Waals surface area contributed by atoms with E-state index in [0.717, 1.165) is 12.2 Å². The smallest absolute Gasteiger partial charge is 0.330 e. The van der Waals surface area contributed by atoms with Crippen LogP contribution in [0.4, 0.5) is 0 Å². The van der Waals surface area contributed by atoms with E-state index in [2.05, 4.69) is 9.47 Å². The van der Waals surface area contributed by atoms with Crippen LogP contribution in [0.1, 0.15) is 26.7 Å². The molecule has 0 aromatic carbocycles. The van der Waals surface area contributed by atoms with Gasteiger partial charge in [0.2, 0.25) is 0 Å². The molecular formula is C17H22O8. The van der Waals surface area contributed by atoms with E-state index in [1.54, 1.807) is 13.8 Å². The number of rotatable bonds is 6. The molecule has 0 aromatic heterocycles. The molecular weight excluding hydrogens is 332 g/mol. The van der Waals surface area contributed by atoms with E-state index in [0.29, 0.717) is 11.1 Å². The molecule has 0 saturated heterocycles. The summed E-state index contributed by atoms with van der Waals surface area (Å²) in [6, 6.07) is 0. The van der Waals surface area contributed by atoms with Crippen LogP contribution in [-0.4, -0.2) is 51.3 Å². The van der Waals surface area contributed by atoms with Gasteiger partial charge in [0.05, 0.1) is 27.4 Å². The standard InChI is InChI=1S/C17H22O8/c1-5-24-15(20)17(16(21)25-6-2)9-11(7-13(18)22-3)12(10-17)8-14(19)23-4/h7-8H,5-6,9-10H2,1-4H3. The van der Waals surface area contributed by atoms with E-state index in [4.69, 9.17) is 9.47 Å². The molecule has 1 aliphatic carbocycles. The van der Waals surface area contributed by atoms with E-state index in [1.165, 1.54) is 14.2 Å². The molecule has 0 bridgehead atoms. The van der Waals surface area contributed by atoms with Crippen molar-refractivity contribution in [3.63, 3.8) is 0 Å². The van der Waals surface area contributed by atoms with Crippen molar-refractivity contribution < 1.29 is 38.1 Å². The van der Waals surface area contributed by atoms with Crippen LogP contribution in [0.25, 0.3) is 0 Å². The third kappa shape index (κ3) is 4.68. The van der Waals surface area contributed by atoms with E-state index < -0.39 is 29.3 Å². The highest BCUT2D eigenvalue weighted by Gasteiger charge is 2.54. The molecule has 0 spiro atoms. The summed E-state index contributed by atoms with van der Waals surface area (Å²) in [6.45, 7) is 3.38. The number of carbonyl (C=O) groups excluding carboxylic acids is 4. The second-order valence-corrected chi connectivity index (χ2v) is 5.26. The van der Waals surface area contributed by atoms with Crippen molar-refractivity contribution >= 4 is 23.9 Å². The summed E-state index contributed by atoms with van der Waals surface area (Å²) in [6.07, 6.45) is 2.00. The monoisotopic (exact) mass is 354 g/mol. The summed E-state index contributed by atoms with van der Waals surface area (Å²) in [5.74, 6) is -2.88. The first-order valence-electron chi connectivity index (χ1n) is 7.76. The second kappa shape index (κ2) is 9.00. The number of carbonyl (C=O) groups is 4. The van der Waals surface area contributed by atoms with Crippen LogP contribution < -0.4 is 0 Å². The lowest BCUT2D eigenvalue weighted by atomic mass is 9.85. The lowest BCUT2D eigenvalue weighted by Gasteiger charge is -2.23. The van der Waals surface area contributed by atoms with Gasteiger partial charge in [0, 0.05) is 25.0 Å². The highest BCUT2D eigenvalue weighted by Crippen LogP contribution is 2.47. The van der Waals surface area contributed by atoms with Crippen molar-refractivity contribution in [2.75, 3.05) is 27.4 Å². The number of allylic oxidation sites excluding steroid dienone is 2. The van der Waals surface area contributed by atoms with Gasteiger partial charge < -0.3 is 18.9 Å². The van der Waals surface area contributed by atoms with Crippen LogP contribution in [0.2, 0.25) is 0 Å². The molecule has 0 aliphatic heterocycles. The zero-order valence-electron chi connectivity index (χ0n) is 14.7. The van der Waals surface area contributed by atoms with E-state index >= 15 is 0 Å². The van der Waals surface area contributed by atoms with Crippen molar-refractivity contribution in [1.29, 1.82) is 0 Å². The van der Waals surface area contributed by atoms with Crippen LogP contribution in [0.5, 0.6) is 0 Å². The van der Waals surface area contributed by atoms with E-state index in [9.17, 15) is 19.2 Å². The van der Waals surface area contributed by atoms with Crippen molar-refractivity contribution in [3.05, 3.63) is 23.3 Å². The Morgan fingerprint density at radius 3 is 1.48 bits per heavy atom. The van der Waals surface area contributed by atoms with E-state index in [-0.39, 0.29) is 26.1 Å². The lowest BCUT2D eigenvalue weighted by molar-refractivity contribution is -0.171. The molecule has 8 heteroatoms. The van der Waals surface area contributed by atoms with Crippen molar-refractivity contribution in [2.24, 2.45) is 5.41 Å². The fourth-order valence-electron chi connectivity index (χ4n) is 2.54. The molecule has 1 rings (SSSR count). The number of ether oxygens (including phenoxy) is 4. The van der Waals surface area contributed by atoms with Gasteiger partial charge in [-0.15, -0.1) is 0 Å². The molecule has 138 valence electrons. The minimum atomic E-state index is -1.65. The molecule has 25 heavy (non-hydrogen) atoms. The highest BCUT2D eigenvalue weighted by molar-refractivity contribution is 6.03. The van der Waals surface area contributed by atoms with Gasteiger partial charge in [0.25, 0.3) is 0 Å². The maximum absolute atomic E-state index is 12.5. The van der Waals surface area contributed by atoms with Gasteiger partial charge in [-0.3, -0.25) is 9.59 Å². The van der Waals surface area contributed by atoms with Gasteiger partial charge in [-0.05, 0) is 25.0 Å². The van der Waals surface area contributed by atoms with Crippen LogP contribution in [0.3, 0.4) is 0 Å². The molecule has 0 aromatic rings. The third-order valence-electron chi connectivity index (χ3n) is 3.72. The predicted octanol–water partition coefficient (Wildman–Crippen LogP) is 1.09. The summed E-state index contributed by atoms with van der Waals surface area (Å²) >= 11 is 0. The quantitative estimate of drug-likeness (QED) is 0.302. The molecule has 0 heterocycles. The van der Waals surface area contributed by atoms with E-state index in [1.807, 2.05) is 0 Å². The Bertz CT molecular complexity index is 560. The molecule has 1 fully saturated rings. The zero-order chi connectivity index (χ0) is 19.0. The van der Waals surface area contributed by atoms with Gasteiger partial charge in [-0.25, -0.2) is 9.59 Å². The largest absolute Gasteiger partial charge is 0.466 e. The summed E-state index contributed by atoms with van der Waals surface area (Å²) in [5, 5.41) is 0. The Hall–Kier alpha value is -2.64. The minimum Gasteiger partial charge on any atom is -0.466 e. The van der Waals surface area contributed by atoms with Crippen LogP contribution in [0, 0.1) is 5.41 Å². The Kier molecular flexibility index (Phi) is 7.35. The Balaban J connectivity index is 3.40. The number of esters is 4. The van der Waals surface area contributed by atoms with Gasteiger partial charge >= 0.3 is 23.9 Å². The maximum Gasteiger partial charge on any atom is 0.330 e. The fraction of sp³-hybridized carbons (Fsp3) is 0.529. The summed E-state index contributed by atoms with van der Waals surface area (Å²) in [7, 11) is 2.39. The predicted molar refractivity (Wildman–Crippen MR) is 85.1 cm³/mol. The molecule has 0 atom stereocenters. The average molecular weight is 354 g/mol. The number of hydrogen-bond donors (Lipinski definition) is 0. The molecule has 0 unspecified atom stereocenters. The summed E-state index contributed by atoms with van der Waals surface area (Å²) < 4.78 is 19.2. The molecule has 0 N–H and O–H groups in total. The van der Waals surface area contributed by atoms with Crippen molar-refractivity contribution in [1.82, 2.24) is 0 Å². The zero-order valence-corrected chi connectivity index (χ0v) is 14.7. The van der Waals surface area contributed by atoms with Crippen molar-refractivity contribution in [3.8, 4) is 0 Å². The lowest BCUT2D eigenvalue weighted by Crippen LogP contribution is -2.40. The SMILES string of the molecule is CCOC(=O)C1(C(=O)OCC)CC(=CC(=O)OC)C(=CC(=O)OC)C1. The molecule has 0 radical (unpaired) electrons. The first kappa shape index (κ1) is 20.4. The first-order valence-corrected chi connectivity index (χ1v) is 7.76. The van der Waals surface area contributed by atoms with Gasteiger partial charge in [-0.1, -0.05) is 0 Å². The normalized spacial score (nSPS) is 18.7. The third-order valence-corrected chi connectivity index (χ3v) is 3.72. The van der Waals surface area contributed by atoms with Gasteiger partial charge in [0.1, 0.15) is 0 Å². The second-order valence-electron chi connectivity index (χ2n) is 5.26. The fourth-order valence-corrected chi connectivity index (χ4v) is 2.54. The summed E-state index contributed by atoms with van der Waals surface area (Å²) in [5.41, 5.74) is -1.01. The van der Waals surface area contributed by atoms with Crippen LogP contribution in [0.15, 0.2) is 23.3 Å². The molecule has 0 amide bonds. The Morgan fingerprint density at radius 2 is 1.20 bits per heavy atom. The number of methoxy groups -OCH3 is 2. The minimum absolute atomic E-state index is 0.0755.